The molecular formula is C13H22N2O. The van der Waals surface area contributed by atoms with Crippen LogP contribution in [0, 0.1) is 0 Å². The first-order valence-corrected chi connectivity index (χ1v) is 5.87. The number of likely N-dealkylation sites (N-methyl/N-ethyl adjacent to an activating group) is 1. The third kappa shape index (κ3) is 3.83. The summed E-state index contributed by atoms with van der Waals surface area (Å²) in [5.41, 5.74) is 6.92. The van der Waals surface area contributed by atoms with Crippen LogP contribution in [0.5, 0.6) is 5.75 Å². The van der Waals surface area contributed by atoms with Gasteiger partial charge in [0.05, 0.1) is 6.10 Å². The fraction of sp³-hybridized carbons (Fsp3) is 0.538. The van der Waals surface area contributed by atoms with Crippen LogP contribution in [0.25, 0.3) is 0 Å². The summed E-state index contributed by atoms with van der Waals surface area (Å²) in [6, 6.07) is 8.32. The minimum absolute atomic E-state index is 0.200. The average molecular weight is 222 g/mol. The number of nitrogens with two attached hydrogens (primary N) is 1. The molecule has 0 aliphatic rings. The molecule has 0 aromatic heterocycles. The lowest BCUT2D eigenvalue weighted by Crippen LogP contribution is -2.27. The molecule has 0 aliphatic carbocycles. The number of hydrogen-bond acceptors (Lipinski definition) is 3. The van der Waals surface area contributed by atoms with E-state index in [0.717, 1.165) is 12.3 Å². The fourth-order valence-corrected chi connectivity index (χ4v) is 1.66. The average Bonchev–Trinajstić information content (AvgIpc) is 2.25. The van der Waals surface area contributed by atoms with Crippen LogP contribution < -0.4 is 15.8 Å². The van der Waals surface area contributed by atoms with Gasteiger partial charge in [-0.25, -0.2) is 0 Å². The number of ether oxygens (including phenoxy) is 1. The van der Waals surface area contributed by atoms with Crippen molar-refractivity contribution in [3.63, 3.8) is 0 Å². The summed E-state index contributed by atoms with van der Waals surface area (Å²) in [6.45, 7) is 7.64. The molecule has 90 valence electrons. The molecule has 0 saturated heterocycles. The van der Waals surface area contributed by atoms with Crippen molar-refractivity contribution in [3.8, 4) is 5.75 Å². The lowest BCUT2D eigenvalue weighted by atomic mass is 10.1. The van der Waals surface area contributed by atoms with Gasteiger partial charge in [-0.15, -0.1) is 0 Å². The van der Waals surface area contributed by atoms with Crippen molar-refractivity contribution in [3.05, 3.63) is 29.8 Å². The van der Waals surface area contributed by atoms with Crippen LogP contribution in [0.3, 0.4) is 0 Å². The second kappa shape index (κ2) is 6.51. The topological polar surface area (TPSA) is 47.3 Å². The summed E-state index contributed by atoms with van der Waals surface area (Å²) in [6.07, 6.45) is 0.200. The van der Waals surface area contributed by atoms with E-state index in [1.54, 1.807) is 0 Å². The molecule has 0 amide bonds. The lowest BCUT2D eigenvalue weighted by molar-refractivity contribution is 0.242. The van der Waals surface area contributed by atoms with Gasteiger partial charge in [0.25, 0.3) is 0 Å². The molecule has 3 heteroatoms. The molecule has 0 bridgehead atoms. The quantitative estimate of drug-likeness (QED) is 0.774. The molecule has 0 saturated carbocycles. The SMILES string of the molecule is CCNC(CN)c1cccc(OC(C)C)c1. The third-order valence-electron chi connectivity index (χ3n) is 2.32. The van der Waals surface area contributed by atoms with Crippen molar-refractivity contribution < 1.29 is 4.74 Å². The van der Waals surface area contributed by atoms with E-state index >= 15 is 0 Å². The molecule has 3 nitrogen and oxygen atoms in total. The van der Waals surface area contributed by atoms with Gasteiger partial charge in [0.1, 0.15) is 5.75 Å². The van der Waals surface area contributed by atoms with Crippen LogP contribution in [0.4, 0.5) is 0 Å². The Morgan fingerprint density at radius 3 is 2.69 bits per heavy atom. The summed E-state index contributed by atoms with van der Waals surface area (Å²) in [7, 11) is 0. The van der Waals surface area contributed by atoms with Crippen molar-refractivity contribution in [1.29, 1.82) is 0 Å². The molecule has 0 spiro atoms. The zero-order valence-electron chi connectivity index (χ0n) is 10.4. The minimum Gasteiger partial charge on any atom is -0.491 e. The first kappa shape index (κ1) is 13.0. The Balaban J connectivity index is 2.79. The molecule has 16 heavy (non-hydrogen) atoms. The van der Waals surface area contributed by atoms with E-state index in [1.807, 2.05) is 26.0 Å². The molecule has 1 aromatic rings. The van der Waals surface area contributed by atoms with Crippen LogP contribution in [0.15, 0.2) is 24.3 Å². The summed E-state index contributed by atoms with van der Waals surface area (Å²) in [5, 5.41) is 3.35. The summed E-state index contributed by atoms with van der Waals surface area (Å²) in [4.78, 5) is 0. The van der Waals surface area contributed by atoms with Crippen LogP contribution >= 0.6 is 0 Å². The second-order valence-corrected chi connectivity index (χ2v) is 4.09. The molecule has 0 aliphatic heterocycles. The molecular weight excluding hydrogens is 200 g/mol. The monoisotopic (exact) mass is 222 g/mol. The predicted octanol–water partition coefficient (Wildman–Crippen LogP) is 2.08. The molecule has 1 aromatic carbocycles. The van der Waals surface area contributed by atoms with E-state index in [4.69, 9.17) is 10.5 Å². The van der Waals surface area contributed by atoms with Gasteiger partial charge in [0.2, 0.25) is 0 Å². The largest absolute Gasteiger partial charge is 0.491 e. The standard InChI is InChI=1S/C13H22N2O/c1-4-15-13(9-14)11-6-5-7-12(8-11)16-10(2)3/h5-8,10,13,15H,4,9,14H2,1-3H3. The fourth-order valence-electron chi connectivity index (χ4n) is 1.66. The van der Waals surface area contributed by atoms with Crippen LogP contribution in [0.1, 0.15) is 32.4 Å². The van der Waals surface area contributed by atoms with Crippen LogP contribution in [-0.4, -0.2) is 19.2 Å². The normalized spacial score (nSPS) is 12.8. The Labute approximate surface area is 98.0 Å². The van der Waals surface area contributed by atoms with Crippen molar-refractivity contribution in [2.24, 2.45) is 5.73 Å². The second-order valence-electron chi connectivity index (χ2n) is 4.09. The molecule has 1 rings (SSSR count). The summed E-state index contributed by atoms with van der Waals surface area (Å²) in [5.74, 6) is 0.906. The Hall–Kier alpha value is -1.06. The van der Waals surface area contributed by atoms with Gasteiger partial charge in [0.15, 0.2) is 0 Å². The Kier molecular flexibility index (Phi) is 5.29. The number of nitrogens with one attached hydrogen (secondary N) is 1. The molecule has 0 heterocycles. The Morgan fingerprint density at radius 2 is 2.12 bits per heavy atom. The number of hydrogen-bond donors (Lipinski definition) is 2. The van der Waals surface area contributed by atoms with Gasteiger partial charge in [-0.1, -0.05) is 19.1 Å². The highest BCUT2D eigenvalue weighted by Gasteiger charge is 2.08. The molecule has 0 radical (unpaired) electrons. The maximum Gasteiger partial charge on any atom is 0.120 e. The van der Waals surface area contributed by atoms with Crippen molar-refractivity contribution in [2.45, 2.75) is 32.9 Å². The van der Waals surface area contributed by atoms with Gasteiger partial charge < -0.3 is 15.8 Å². The van der Waals surface area contributed by atoms with E-state index in [2.05, 4.69) is 24.4 Å². The Bertz CT molecular complexity index is 313. The zero-order valence-corrected chi connectivity index (χ0v) is 10.4. The number of benzene rings is 1. The van der Waals surface area contributed by atoms with Gasteiger partial charge >= 0.3 is 0 Å². The third-order valence-corrected chi connectivity index (χ3v) is 2.32. The predicted molar refractivity (Wildman–Crippen MR) is 67.7 cm³/mol. The van der Waals surface area contributed by atoms with Crippen LogP contribution in [-0.2, 0) is 0 Å². The highest BCUT2D eigenvalue weighted by Crippen LogP contribution is 2.19. The first-order valence-electron chi connectivity index (χ1n) is 5.87. The number of rotatable bonds is 6. The van der Waals surface area contributed by atoms with Gasteiger partial charge in [-0.3, -0.25) is 0 Å². The molecule has 1 atom stereocenters. The van der Waals surface area contributed by atoms with Crippen LogP contribution in [0.2, 0.25) is 0 Å². The van der Waals surface area contributed by atoms with E-state index in [-0.39, 0.29) is 12.1 Å². The first-order chi connectivity index (χ1) is 7.67. The smallest absolute Gasteiger partial charge is 0.120 e. The van der Waals surface area contributed by atoms with Crippen molar-refractivity contribution >= 4 is 0 Å². The summed E-state index contributed by atoms with van der Waals surface area (Å²) < 4.78 is 5.66. The summed E-state index contributed by atoms with van der Waals surface area (Å²) >= 11 is 0. The van der Waals surface area contributed by atoms with E-state index in [1.165, 1.54) is 5.56 Å². The van der Waals surface area contributed by atoms with E-state index in [0.29, 0.717) is 6.54 Å². The van der Waals surface area contributed by atoms with Gasteiger partial charge in [0, 0.05) is 12.6 Å². The van der Waals surface area contributed by atoms with Crippen molar-refractivity contribution in [1.82, 2.24) is 5.32 Å². The molecule has 3 N–H and O–H groups in total. The minimum atomic E-state index is 0.200. The molecule has 1 unspecified atom stereocenters. The Morgan fingerprint density at radius 1 is 1.38 bits per heavy atom. The van der Waals surface area contributed by atoms with E-state index < -0.39 is 0 Å². The maximum absolute atomic E-state index is 5.74. The zero-order chi connectivity index (χ0) is 12.0. The maximum atomic E-state index is 5.74. The molecule has 0 fully saturated rings. The van der Waals surface area contributed by atoms with Crippen molar-refractivity contribution in [2.75, 3.05) is 13.1 Å². The van der Waals surface area contributed by atoms with Gasteiger partial charge in [-0.2, -0.15) is 0 Å². The lowest BCUT2D eigenvalue weighted by Gasteiger charge is -2.17. The highest BCUT2D eigenvalue weighted by molar-refractivity contribution is 5.31. The highest BCUT2D eigenvalue weighted by atomic mass is 16.5. The van der Waals surface area contributed by atoms with E-state index in [9.17, 15) is 0 Å². The van der Waals surface area contributed by atoms with Gasteiger partial charge in [-0.05, 0) is 38.1 Å².